The van der Waals surface area contributed by atoms with Gasteiger partial charge in [-0.15, -0.1) is 0 Å². The molecule has 158 valence electrons. The first-order valence-corrected chi connectivity index (χ1v) is 10.6. The third kappa shape index (κ3) is 4.94. The first-order valence-electron chi connectivity index (χ1n) is 9.77. The number of benzene rings is 4. The van der Waals surface area contributed by atoms with Crippen molar-refractivity contribution in [2.75, 3.05) is 10.6 Å². The van der Waals surface area contributed by atoms with Gasteiger partial charge in [-0.1, -0.05) is 60.1 Å². The Labute approximate surface area is 195 Å². The van der Waals surface area contributed by atoms with Gasteiger partial charge in [0.2, 0.25) is 0 Å². The van der Waals surface area contributed by atoms with Crippen molar-refractivity contribution in [1.82, 2.24) is 5.32 Å². The number of fused-ring (bicyclic) bond motifs is 1. The maximum atomic E-state index is 12.8. The van der Waals surface area contributed by atoms with E-state index in [1.54, 1.807) is 72.8 Å². The molecule has 0 aliphatic heterocycles. The summed E-state index contributed by atoms with van der Waals surface area (Å²) in [5, 5.41) is 10.8. The van der Waals surface area contributed by atoms with Crippen molar-refractivity contribution in [1.29, 1.82) is 0 Å². The standard InChI is InChI=1S/C25H18ClN3O2S/c26-22-14-6-11-19-20(22)12-5-13-21(19)24(31)29-25(32)28-18-10-4-9-17(15-18)27-23(30)16-7-2-1-3-8-16/h1-15H,(H,27,30)(H2,28,29,31,32). The molecule has 4 aromatic rings. The van der Waals surface area contributed by atoms with Crippen molar-refractivity contribution in [3.05, 3.63) is 107 Å². The second-order valence-electron chi connectivity index (χ2n) is 6.95. The highest BCUT2D eigenvalue weighted by Gasteiger charge is 2.13. The van der Waals surface area contributed by atoms with Gasteiger partial charge in [0.05, 0.1) is 0 Å². The fraction of sp³-hybridized carbons (Fsp3) is 0. The Morgan fingerprint density at radius 3 is 2.12 bits per heavy atom. The molecule has 3 N–H and O–H groups in total. The predicted molar refractivity (Wildman–Crippen MR) is 133 cm³/mol. The Balaban J connectivity index is 1.44. The zero-order valence-electron chi connectivity index (χ0n) is 16.8. The molecule has 0 fully saturated rings. The van der Waals surface area contributed by atoms with Crippen molar-refractivity contribution < 1.29 is 9.59 Å². The van der Waals surface area contributed by atoms with Gasteiger partial charge in [-0.25, -0.2) is 0 Å². The summed E-state index contributed by atoms with van der Waals surface area (Å²) >= 11 is 11.5. The second kappa shape index (κ2) is 9.60. The molecule has 0 aromatic heterocycles. The molecule has 0 radical (unpaired) electrons. The van der Waals surface area contributed by atoms with Crippen molar-refractivity contribution in [3.8, 4) is 0 Å². The highest BCUT2D eigenvalue weighted by molar-refractivity contribution is 7.80. The maximum absolute atomic E-state index is 12.8. The topological polar surface area (TPSA) is 70.2 Å². The summed E-state index contributed by atoms with van der Waals surface area (Å²) in [6, 6.07) is 26.8. The number of carbonyl (C=O) groups is 2. The van der Waals surface area contributed by atoms with Crippen LogP contribution in [-0.2, 0) is 0 Å². The minimum absolute atomic E-state index is 0.139. The van der Waals surface area contributed by atoms with Crippen LogP contribution < -0.4 is 16.0 Å². The summed E-state index contributed by atoms with van der Waals surface area (Å²) in [5.74, 6) is -0.558. The number of rotatable bonds is 4. The van der Waals surface area contributed by atoms with Gasteiger partial charge in [-0.2, -0.15) is 0 Å². The van der Waals surface area contributed by atoms with Gasteiger partial charge in [0.25, 0.3) is 11.8 Å². The smallest absolute Gasteiger partial charge is 0.258 e. The van der Waals surface area contributed by atoms with E-state index in [1.807, 2.05) is 18.2 Å². The summed E-state index contributed by atoms with van der Waals surface area (Å²) in [6.45, 7) is 0. The summed E-state index contributed by atoms with van der Waals surface area (Å²) in [6.07, 6.45) is 0. The molecule has 0 saturated carbocycles. The Morgan fingerprint density at radius 2 is 1.34 bits per heavy atom. The molecule has 0 spiro atoms. The lowest BCUT2D eigenvalue weighted by molar-refractivity contribution is 0.0978. The van der Waals surface area contributed by atoms with Gasteiger partial charge in [0.1, 0.15) is 0 Å². The lowest BCUT2D eigenvalue weighted by atomic mass is 10.0. The first-order chi connectivity index (χ1) is 15.5. The number of anilines is 2. The molecule has 5 nitrogen and oxygen atoms in total. The molecule has 4 rings (SSSR count). The molecular formula is C25H18ClN3O2S. The number of amides is 2. The van der Waals surface area contributed by atoms with Crippen LogP contribution in [0.25, 0.3) is 10.8 Å². The molecule has 32 heavy (non-hydrogen) atoms. The van der Waals surface area contributed by atoms with E-state index in [1.165, 1.54) is 0 Å². The number of carbonyl (C=O) groups excluding carboxylic acids is 2. The van der Waals surface area contributed by atoms with Gasteiger partial charge in [0.15, 0.2) is 5.11 Å². The molecule has 2 amide bonds. The zero-order chi connectivity index (χ0) is 22.5. The second-order valence-corrected chi connectivity index (χ2v) is 7.77. The molecule has 4 aromatic carbocycles. The Hall–Kier alpha value is -3.74. The van der Waals surface area contributed by atoms with E-state index >= 15 is 0 Å². The number of halogens is 1. The first kappa shape index (κ1) is 21.5. The van der Waals surface area contributed by atoms with Crippen LogP contribution in [0.1, 0.15) is 20.7 Å². The Bertz CT molecular complexity index is 1330. The summed E-state index contributed by atoms with van der Waals surface area (Å²) in [5.41, 5.74) is 2.26. The van der Waals surface area contributed by atoms with Crippen LogP contribution in [0.5, 0.6) is 0 Å². The van der Waals surface area contributed by atoms with Crippen LogP contribution in [0.2, 0.25) is 5.02 Å². The summed E-state index contributed by atoms with van der Waals surface area (Å²) < 4.78 is 0. The van der Waals surface area contributed by atoms with Crippen molar-refractivity contribution >= 4 is 62.9 Å². The van der Waals surface area contributed by atoms with E-state index in [4.69, 9.17) is 23.8 Å². The maximum Gasteiger partial charge on any atom is 0.258 e. The van der Waals surface area contributed by atoms with Crippen LogP contribution >= 0.6 is 23.8 Å². The average molecular weight is 460 g/mol. The molecule has 0 bridgehead atoms. The molecule has 0 heterocycles. The van der Waals surface area contributed by atoms with Crippen molar-refractivity contribution in [2.24, 2.45) is 0 Å². The van der Waals surface area contributed by atoms with Gasteiger partial charge >= 0.3 is 0 Å². The molecular weight excluding hydrogens is 442 g/mol. The number of thiocarbonyl (C=S) groups is 1. The third-order valence-corrected chi connectivity index (χ3v) is 5.29. The van der Waals surface area contributed by atoms with E-state index in [-0.39, 0.29) is 16.9 Å². The van der Waals surface area contributed by atoms with Gasteiger partial charge in [-0.3, -0.25) is 14.9 Å². The van der Waals surface area contributed by atoms with E-state index in [2.05, 4.69) is 16.0 Å². The van der Waals surface area contributed by atoms with Crippen LogP contribution in [-0.4, -0.2) is 16.9 Å². The van der Waals surface area contributed by atoms with Crippen LogP contribution in [0.15, 0.2) is 91.0 Å². The molecule has 0 unspecified atom stereocenters. The SMILES string of the molecule is O=C(Nc1cccc(NC(=S)NC(=O)c2cccc3c(Cl)cccc23)c1)c1ccccc1. The van der Waals surface area contributed by atoms with E-state index < -0.39 is 0 Å². The summed E-state index contributed by atoms with van der Waals surface area (Å²) in [7, 11) is 0. The minimum atomic E-state index is -0.344. The van der Waals surface area contributed by atoms with Crippen LogP contribution in [0, 0.1) is 0 Å². The van der Waals surface area contributed by atoms with Crippen LogP contribution in [0.4, 0.5) is 11.4 Å². The Kier molecular flexibility index (Phi) is 6.44. The lowest BCUT2D eigenvalue weighted by Gasteiger charge is -2.12. The quantitative estimate of drug-likeness (QED) is 0.334. The number of hydrogen-bond donors (Lipinski definition) is 3. The highest BCUT2D eigenvalue weighted by Crippen LogP contribution is 2.26. The highest BCUT2D eigenvalue weighted by atomic mass is 35.5. The van der Waals surface area contributed by atoms with E-state index in [9.17, 15) is 9.59 Å². The van der Waals surface area contributed by atoms with E-state index in [0.29, 0.717) is 27.5 Å². The minimum Gasteiger partial charge on any atom is -0.332 e. The Morgan fingerprint density at radius 1 is 0.688 bits per heavy atom. The molecule has 0 atom stereocenters. The number of hydrogen-bond acceptors (Lipinski definition) is 3. The fourth-order valence-electron chi connectivity index (χ4n) is 3.27. The molecule has 7 heteroatoms. The zero-order valence-corrected chi connectivity index (χ0v) is 18.3. The largest absolute Gasteiger partial charge is 0.332 e. The average Bonchev–Trinajstić information content (AvgIpc) is 2.79. The number of nitrogens with one attached hydrogen (secondary N) is 3. The normalized spacial score (nSPS) is 10.4. The predicted octanol–water partition coefficient (Wildman–Crippen LogP) is 5.87. The molecule has 0 aliphatic carbocycles. The van der Waals surface area contributed by atoms with Gasteiger partial charge < -0.3 is 10.6 Å². The monoisotopic (exact) mass is 459 g/mol. The van der Waals surface area contributed by atoms with E-state index in [0.717, 1.165) is 10.8 Å². The van der Waals surface area contributed by atoms with Gasteiger partial charge in [0, 0.05) is 32.9 Å². The lowest BCUT2D eigenvalue weighted by Crippen LogP contribution is -2.34. The molecule has 0 aliphatic rings. The fourth-order valence-corrected chi connectivity index (χ4v) is 3.72. The van der Waals surface area contributed by atoms with Crippen LogP contribution in [0.3, 0.4) is 0 Å². The van der Waals surface area contributed by atoms with Crippen molar-refractivity contribution in [2.45, 2.75) is 0 Å². The summed E-state index contributed by atoms with van der Waals surface area (Å²) in [4.78, 5) is 25.2. The van der Waals surface area contributed by atoms with Gasteiger partial charge in [-0.05, 0) is 60.1 Å². The third-order valence-electron chi connectivity index (χ3n) is 4.75. The van der Waals surface area contributed by atoms with Crippen molar-refractivity contribution in [3.63, 3.8) is 0 Å². The molecule has 0 saturated heterocycles.